The van der Waals surface area contributed by atoms with Crippen LogP contribution in [-0.4, -0.2) is 33.1 Å². The van der Waals surface area contributed by atoms with Gasteiger partial charge in [0.15, 0.2) is 5.78 Å². The number of aromatic nitrogens is 1. The summed E-state index contributed by atoms with van der Waals surface area (Å²) in [6.07, 6.45) is 3.77. The number of hydrogen-bond donors (Lipinski definition) is 2. The molecule has 4 rings (SSSR count). The maximum Gasteiger partial charge on any atom is 0.408 e. The number of rotatable bonds is 7. The third-order valence-electron chi connectivity index (χ3n) is 6.23. The predicted octanol–water partition coefficient (Wildman–Crippen LogP) is 5.37. The van der Waals surface area contributed by atoms with Crippen molar-refractivity contribution >= 4 is 17.8 Å². The van der Waals surface area contributed by atoms with Crippen LogP contribution in [0, 0.1) is 0 Å². The van der Waals surface area contributed by atoms with E-state index in [2.05, 4.69) is 5.32 Å². The SMILES string of the molecule is CC(C)(C)OC(=O)NC1(c2cccc(Cn3ccc(C(=O)c4ccccc4)c3C(=O)O)c2)CCC1. The molecule has 1 amide bonds. The van der Waals surface area contributed by atoms with Gasteiger partial charge >= 0.3 is 12.1 Å². The van der Waals surface area contributed by atoms with Gasteiger partial charge in [-0.2, -0.15) is 0 Å². The first-order valence-electron chi connectivity index (χ1n) is 11.7. The quantitative estimate of drug-likeness (QED) is 0.449. The third kappa shape index (κ3) is 5.29. The zero-order chi connectivity index (χ0) is 25.2. The van der Waals surface area contributed by atoms with E-state index in [1.54, 1.807) is 47.2 Å². The van der Waals surface area contributed by atoms with Crippen molar-refractivity contribution in [2.24, 2.45) is 0 Å². The summed E-state index contributed by atoms with van der Waals surface area (Å²) in [6, 6.07) is 18.0. The van der Waals surface area contributed by atoms with Crippen LogP contribution in [0.4, 0.5) is 4.79 Å². The van der Waals surface area contributed by atoms with E-state index < -0.39 is 23.2 Å². The maximum atomic E-state index is 12.9. The van der Waals surface area contributed by atoms with Gasteiger partial charge in [-0.3, -0.25) is 4.79 Å². The molecule has 0 spiro atoms. The fourth-order valence-corrected chi connectivity index (χ4v) is 4.45. The van der Waals surface area contributed by atoms with Gasteiger partial charge in [0.05, 0.1) is 11.1 Å². The fraction of sp³-hybridized carbons (Fsp3) is 0.321. The molecule has 1 aromatic heterocycles. The maximum absolute atomic E-state index is 12.9. The topological polar surface area (TPSA) is 97.6 Å². The van der Waals surface area contributed by atoms with E-state index in [4.69, 9.17) is 4.74 Å². The Kier molecular flexibility index (Phi) is 6.52. The van der Waals surface area contributed by atoms with E-state index >= 15 is 0 Å². The fourth-order valence-electron chi connectivity index (χ4n) is 4.45. The summed E-state index contributed by atoms with van der Waals surface area (Å²) < 4.78 is 7.04. The summed E-state index contributed by atoms with van der Waals surface area (Å²) in [4.78, 5) is 37.5. The molecule has 1 fully saturated rings. The van der Waals surface area contributed by atoms with Gasteiger partial charge in [-0.05, 0) is 57.2 Å². The number of carboxylic acid groups (broad SMARTS) is 1. The Bertz CT molecular complexity index is 1250. The number of ketones is 1. The minimum atomic E-state index is -1.16. The molecule has 0 atom stereocenters. The lowest BCUT2D eigenvalue weighted by Crippen LogP contribution is -2.52. The van der Waals surface area contributed by atoms with Crippen LogP contribution in [0.15, 0.2) is 66.9 Å². The number of benzene rings is 2. The van der Waals surface area contributed by atoms with E-state index in [9.17, 15) is 19.5 Å². The van der Waals surface area contributed by atoms with Crippen LogP contribution in [0.1, 0.15) is 77.6 Å². The Morgan fingerprint density at radius 1 is 1.03 bits per heavy atom. The van der Waals surface area contributed by atoms with Crippen LogP contribution >= 0.6 is 0 Å². The average molecular weight is 475 g/mol. The number of nitrogens with zero attached hydrogens (tertiary/aromatic N) is 1. The van der Waals surface area contributed by atoms with Gasteiger partial charge in [0.1, 0.15) is 11.3 Å². The van der Waals surface area contributed by atoms with E-state index in [0.29, 0.717) is 5.56 Å². The summed E-state index contributed by atoms with van der Waals surface area (Å²) in [5, 5.41) is 13.0. The first-order chi connectivity index (χ1) is 16.6. The third-order valence-corrected chi connectivity index (χ3v) is 6.23. The highest BCUT2D eigenvalue weighted by atomic mass is 16.6. The zero-order valence-electron chi connectivity index (χ0n) is 20.2. The summed E-state index contributed by atoms with van der Waals surface area (Å²) >= 11 is 0. The van der Waals surface area contributed by atoms with Gasteiger partial charge in [0.25, 0.3) is 0 Å². The van der Waals surface area contributed by atoms with Crippen molar-refractivity contribution in [3.63, 3.8) is 0 Å². The molecule has 3 aromatic rings. The van der Waals surface area contributed by atoms with Crippen LogP contribution in [0.25, 0.3) is 0 Å². The number of amides is 1. The number of nitrogens with one attached hydrogen (secondary N) is 1. The highest BCUT2D eigenvalue weighted by Crippen LogP contribution is 2.41. The van der Waals surface area contributed by atoms with Gasteiger partial charge in [-0.25, -0.2) is 9.59 Å². The molecule has 0 radical (unpaired) electrons. The predicted molar refractivity (Wildman–Crippen MR) is 132 cm³/mol. The summed E-state index contributed by atoms with van der Waals surface area (Å²) in [5.74, 6) is -1.49. The van der Waals surface area contributed by atoms with Gasteiger partial charge in [-0.15, -0.1) is 0 Å². The summed E-state index contributed by atoms with van der Waals surface area (Å²) in [6.45, 7) is 5.76. The lowest BCUT2D eigenvalue weighted by atomic mass is 9.71. The molecule has 35 heavy (non-hydrogen) atoms. The monoisotopic (exact) mass is 474 g/mol. The molecule has 1 saturated carbocycles. The van der Waals surface area contributed by atoms with Gasteiger partial charge < -0.3 is 19.7 Å². The van der Waals surface area contributed by atoms with E-state index in [-0.39, 0.29) is 23.6 Å². The zero-order valence-corrected chi connectivity index (χ0v) is 20.2. The number of alkyl carbamates (subject to hydrolysis) is 1. The standard InChI is InChI=1S/C28H30N2O5/c1-27(2,3)35-26(34)29-28(14-8-15-28)21-12-7-9-19(17-21)18-30-16-13-22(23(30)25(32)33)24(31)20-10-5-4-6-11-20/h4-7,9-13,16-17H,8,14-15,18H2,1-3H3,(H,29,34)(H,32,33). The number of carbonyl (C=O) groups is 3. The van der Waals surface area contributed by atoms with Crippen molar-refractivity contribution in [3.05, 3.63) is 94.8 Å². The van der Waals surface area contributed by atoms with Gasteiger partial charge in [0, 0.05) is 18.3 Å². The molecular formula is C28H30N2O5. The van der Waals surface area contributed by atoms with Crippen molar-refractivity contribution in [2.75, 3.05) is 0 Å². The lowest BCUT2D eigenvalue weighted by Gasteiger charge is -2.43. The number of ether oxygens (including phenoxy) is 1. The van der Waals surface area contributed by atoms with Crippen LogP contribution in [0.3, 0.4) is 0 Å². The normalized spacial score (nSPS) is 14.6. The first-order valence-corrected chi connectivity index (χ1v) is 11.7. The van der Waals surface area contributed by atoms with E-state index in [0.717, 1.165) is 30.4 Å². The molecule has 2 aromatic carbocycles. The molecule has 0 bridgehead atoms. The molecule has 1 heterocycles. The summed E-state index contributed by atoms with van der Waals surface area (Å²) in [7, 11) is 0. The lowest BCUT2D eigenvalue weighted by molar-refractivity contribution is 0.0377. The second-order valence-corrected chi connectivity index (χ2v) is 9.97. The Balaban J connectivity index is 1.59. The molecule has 182 valence electrons. The highest BCUT2D eigenvalue weighted by molar-refractivity contribution is 6.13. The Hall–Kier alpha value is -3.87. The second kappa shape index (κ2) is 9.41. The van der Waals surface area contributed by atoms with Gasteiger partial charge in [-0.1, -0.05) is 54.6 Å². The molecule has 0 aliphatic heterocycles. The molecule has 2 N–H and O–H groups in total. The van der Waals surface area contributed by atoms with E-state index in [1.807, 2.05) is 45.0 Å². The Labute approximate surface area is 204 Å². The highest BCUT2D eigenvalue weighted by Gasteiger charge is 2.41. The largest absolute Gasteiger partial charge is 0.477 e. The van der Waals surface area contributed by atoms with Gasteiger partial charge in [0.2, 0.25) is 0 Å². The number of aromatic carboxylic acids is 1. The summed E-state index contributed by atoms with van der Waals surface area (Å²) in [5.41, 5.74) is 1.28. The average Bonchev–Trinajstić information content (AvgIpc) is 3.19. The minimum absolute atomic E-state index is 0.0468. The Morgan fingerprint density at radius 3 is 2.34 bits per heavy atom. The molecule has 1 aliphatic rings. The van der Waals surface area contributed by atoms with E-state index in [1.165, 1.54) is 0 Å². The Morgan fingerprint density at radius 2 is 1.74 bits per heavy atom. The molecule has 7 heteroatoms. The van der Waals surface area contributed by atoms with Crippen LogP contribution in [0.2, 0.25) is 0 Å². The van der Waals surface area contributed by atoms with Crippen molar-refractivity contribution in [1.29, 1.82) is 0 Å². The van der Waals surface area contributed by atoms with Crippen molar-refractivity contribution in [2.45, 2.75) is 57.7 Å². The number of carboxylic acids is 1. The van der Waals surface area contributed by atoms with Crippen LogP contribution < -0.4 is 5.32 Å². The van der Waals surface area contributed by atoms with Crippen LogP contribution in [0.5, 0.6) is 0 Å². The molecule has 1 aliphatic carbocycles. The molecule has 7 nitrogen and oxygen atoms in total. The smallest absolute Gasteiger partial charge is 0.408 e. The minimum Gasteiger partial charge on any atom is -0.477 e. The van der Waals surface area contributed by atoms with Crippen LogP contribution in [-0.2, 0) is 16.8 Å². The number of hydrogen-bond acceptors (Lipinski definition) is 4. The molecular weight excluding hydrogens is 444 g/mol. The first kappa shape index (κ1) is 24.3. The number of carbonyl (C=O) groups excluding carboxylic acids is 2. The van der Waals surface area contributed by atoms with Crippen molar-refractivity contribution in [3.8, 4) is 0 Å². The molecule has 0 saturated heterocycles. The van der Waals surface area contributed by atoms with Crippen molar-refractivity contribution < 1.29 is 24.2 Å². The second-order valence-electron chi connectivity index (χ2n) is 9.97. The van der Waals surface area contributed by atoms with Crippen molar-refractivity contribution in [1.82, 2.24) is 9.88 Å². The molecule has 0 unspecified atom stereocenters.